The van der Waals surface area contributed by atoms with Crippen molar-refractivity contribution in [3.63, 3.8) is 0 Å². The highest BCUT2D eigenvalue weighted by molar-refractivity contribution is 5.25. The van der Waals surface area contributed by atoms with Crippen LogP contribution in [0.5, 0.6) is 0 Å². The van der Waals surface area contributed by atoms with E-state index >= 15 is 0 Å². The summed E-state index contributed by atoms with van der Waals surface area (Å²) in [5, 5.41) is 0. The van der Waals surface area contributed by atoms with E-state index in [1.807, 2.05) is 0 Å². The van der Waals surface area contributed by atoms with Crippen molar-refractivity contribution in [3.8, 4) is 0 Å². The first-order chi connectivity index (χ1) is 9.83. The molecule has 0 aliphatic heterocycles. The van der Waals surface area contributed by atoms with E-state index in [0.717, 1.165) is 31.5 Å². The quantitative estimate of drug-likeness (QED) is 0.473. The van der Waals surface area contributed by atoms with Gasteiger partial charge in [-0.3, -0.25) is 0 Å². The third-order valence-corrected chi connectivity index (χ3v) is 4.42. The van der Waals surface area contributed by atoms with Crippen LogP contribution in [0.1, 0.15) is 62.5 Å². The first-order valence-electron chi connectivity index (χ1n) is 8.11. The topological polar surface area (TPSA) is 9.23 Å². The molecule has 0 aromatic heterocycles. The summed E-state index contributed by atoms with van der Waals surface area (Å²) in [5.41, 5.74) is 2.81. The molecule has 0 spiro atoms. The fraction of sp³-hybridized carbons (Fsp3) is 0.579. The number of rotatable bonds is 7. The lowest BCUT2D eigenvalue weighted by atomic mass is 9.77. The van der Waals surface area contributed by atoms with Gasteiger partial charge in [-0.15, -0.1) is 6.58 Å². The van der Waals surface area contributed by atoms with Gasteiger partial charge in [0.05, 0.1) is 6.61 Å². The monoisotopic (exact) mass is 272 g/mol. The van der Waals surface area contributed by atoms with Crippen molar-refractivity contribution in [1.29, 1.82) is 0 Å². The summed E-state index contributed by atoms with van der Waals surface area (Å²) >= 11 is 0. The number of ether oxygens (including phenoxy) is 1. The molecular weight excluding hydrogens is 244 g/mol. The third-order valence-electron chi connectivity index (χ3n) is 4.42. The highest BCUT2D eigenvalue weighted by Gasteiger charge is 2.21. The fourth-order valence-corrected chi connectivity index (χ4v) is 3.19. The van der Waals surface area contributed by atoms with Gasteiger partial charge in [0.15, 0.2) is 0 Å². The lowest BCUT2D eigenvalue weighted by Crippen LogP contribution is -2.12. The molecule has 1 aliphatic carbocycles. The normalized spacial score (nSPS) is 22.6. The number of allylic oxidation sites excluding steroid dienone is 1. The van der Waals surface area contributed by atoms with Gasteiger partial charge in [-0.1, -0.05) is 37.3 Å². The van der Waals surface area contributed by atoms with E-state index in [9.17, 15) is 0 Å². The second-order valence-electron chi connectivity index (χ2n) is 6.04. The highest BCUT2D eigenvalue weighted by Crippen LogP contribution is 2.37. The average Bonchev–Trinajstić information content (AvgIpc) is 2.49. The zero-order chi connectivity index (χ0) is 14.2. The van der Waals surface area contributed by atoms with Crippen LogP contribution in [0.4, 0.5) is 0 Å². The van der Waals surface area contributed by atoms with Crippen LogP contribution in [0.15, 0.2) is 36.9 Å². The van der Waals surface area contributed by atoms with E-state index in [-0.39, 0.29) is 0 Å². The lowest BCUT2D eigenvalue weighted by molar-refractivity contribution is 0.121. The van der Waals surface area contributed by atoms with E-state index < -0.39 is 0 Å². The third kappa shape index (κ3) is 4.49. The van der Waals surface area contributed by atoms with Crippen LogP contribution in [0.2, 0.25) is 0 Å². The summed E-state index contributed by atoms with van der Waals surface area (Å²) in [4.78, 5) is 0. The molecule has 0 saturated heterocycles. The van der Waals surface area contributed by atoms with Gasteiger partial charge in [0.25, 0.3) is 0 Å². The Morgan fingerprint density at radius 1 is 1.15 bits per heavy atom. The maximum atomic E-state index is 5.59. The predicted octanol–water partition coefficient (Wildman–Crippen LogP) is 5.46. The summed E-state index contributed by atoms with van der Waals surface area (Å²) in [6.07, 6.45) is 9.76. The molecule has 0 heterocycles. The van der Waals surface area contributed by atoms with Crippen LogP contribution in [0.3, 0.4) is 0 Å². The Balaban J connectivity index is 1.83. The predicted molar refractivity (Wildman–Crippen MR) is 85.9 cm³/mol. The highest BCUT2D eigenvalue weighted by atomic mass is 16.5. The van der Waals surface area contributed by atoms with E-state index in [1.54, 1.807) is 0 Å². The Morgan fingerprint density at radius 3 is 2.45 bits per heavy atom. The van der Waals surface area contributed by atoms with E-state index in [2.05, 4.69) is 43.8 Å². The maximum absolute atomic E-state index is 5.59. The largest absolute Gasteiger partial charge is 0.377 e. The van der Waals surface area contributed by atoms with Crippen LogP contribution in [0.25, 0.3) is 0 Å². The molecule has 0 bridgehead atoms. The Hall–Kier alpha value is -1.08. The molecule has 0 atom stereocenters. The van der Waals surface area contributed by atoms with Gasteiger partial charge in [-0.25, -0.2) is 0 Å². The SMILES string of the molecule is C=CCC1CCC(c2ccc(COCCC)cc2)CC1. The Labute approximate surface area is 124 Å². The molecule has 2 rings (SSSR count). The van der Waals surface area contributed by atoms with E-state index in [1.165, 1.54) is 43.2 Å². The van der Waals surface area contributed by atoms with Crippen molar-refractivity contribution in [1.82, 2.24) is 0 Å². The van der Waals surface area contributed by atoms with E-state index in [0.29, 0.717) is 0 Å². The Kier molecular flexibility index (Phi) is 6.32. The van der Waals surface area contributed by atoms with Gasteiger partial charge in [0.2, 0.25) is 0 Å². The smallest absolute Gasteiger partial charge is 0.0716 e. The van der Waals surface area contributed by atoms with Gasteiger partial charge in [-0.2, -0.15) is 0 Å². The molecule has 1 aromatic carbocycles. The standard InChI is InChI=1S/C19H28O/c1-3-5-16-6-10-18(11-7-16)19-12-8-17(9-13-19)15-20-14-4-2/h3,8-9,12-13,16,18H,1,4-7,10-11,14-15H2,2H3. The summed E-state index contributed by atoms with van der Waals surface area (Å²) in [7, 11) is 0. The summed E-state index contributed by atoms with van der Waals surface area (Å²) in [6, 6.07) is 9.09. The van der Waals surface area contributed by atoms with Crippen molar-refractivity contribution in [2.75, 3.05) is 6.61 Å². The van der Waals surface area contributed by atoms with Gasteiger partial charge >= 0.3 is 0 Å². The minimum Gasteiger partial charge on any atom is -0.377 e. The minimum absolute atomic E-state index is 0.750. The van der Waals surface area contributed by atoms with E-state index in [4.69, 9.17) is 4.74 Å². The van der Waals surface area contributed by atoms with Crippen molar-refractivity contribution >= 4 is 0 Å². The van der Waals surface area contributed by atoms with Crippen molar-refractivity contribution in [3.05, 3.63) is 48.0 Å². The molecule has 20 heavy (non-hydrogen) atoms. The van der Waals surface area contributed by atoms with Crippen LogP contribution < -0.4 is 0 Å². The number of benzene rings is 1. The molecular formula is C19H28O. The molecule has 0 radical (unpaired) electrons. The first kappa shape index (κ1) is 15.3. The molecule has 0 amide bonds. The van der Waals surface area contributed by atoms with Crippen LogP contribution >= 0.6 is 0 Å². The average molecular weight is 272 g/mol. The van der Waals surface area contributed by atoms with Crippen LogP contribution in [-0.4, -0.2) is 6.61 Å². The number of hydrogen-bond acceptors (Lipinski definition) is 1. The summed E-state index contributed by atoms with van der Waals surface area (Å²) in [5.74, 6) is 1.65. The Bertz CT molecular complexity index is 385. The maximum Gasteiger partial charge on any atom is 0.0716 e. The molecule has 0 N–H and O–H groups in total. The fourth-order valence-electron chi connectivity index (χ4n) is 3.19. The van der Waals surface area contributed by atoms with Crippen LogP contribution in [-0.2, 0) is 11.3 Å². The molecule has 1 heteroatoms. The molecule has 0 unspecified atom stereocenters. The van der Waals surface area contributed by atoms with Gasteiger partial charge in [0, 0.05) is 6.61 Å². The van der Waals surface area contributed by atoms with Crippen LogP contribution in [0, 0.1) is 5.92 Å². The Morgan fingerprint density at radius 2 is 1.85 bits per heavy atom. The van der Waals surface area contributed by atoms with Gasteiger partial charge in [-0.05, 0) is 61.5 Å². The van der Waals surface area contributed by atoms with Gasteiger partial charge < -0.3 is 4.74 Å². The second-order valence-corrected chi connectivity index (χ2v) is 6.04. The molecule has 1 fully saturated rings. The molecule has 110 valence electrons. The van der Waals surface area contributed by atoms with Crippen molar-refractivity contribution in [2.45, 2.75) is 58.0 Å². The summed E-state index contributed by atoms with van der Waals surface area (Å²) in [6.45, 7) is 7.61. The zero-order valence-electron chi connectivity index (χ0n) is 12.8. The second kappa shape index (κ2) is 8.26. The van der Waals surface area contributed by atoms with Crippen molar-refractivity contribution in [2.24, 2.45) is 5.92 Å². The first-order valence-corrected chi connectivity index (χ1v) is 8.11. The minimum atomic E-state index is 0.750. The molecule has 1 nitrogen and oxygen atoms in total. The molecule has 1 aromatic rings. The lowest BCUT2D eigenvalue weighted by Gasteiger charge is -2.28. The van der Waals surface area contributed by atoms with Crippen molar-refractivity contribution < 1.29 is 4.74 Å². The molecule has 1 aliphatic rings. The van der Waals surface area contributed by atoms with Gasteiger partial charge in [0.1, 0.15) is 0 Å². The number of hydrogen-bond donors (Lipinski definition) is 0. The molecule has 1 saturated carbocycles. The summed E-state index contributed by atoms with van der Waals surface area (Å²) < 4.78 is 5.59. The zero-order valence-corrected chi connectivity index (χ0v) is 12.8.